The minimum absolute atomic E-state index is 0.109. The van der Waals surface area contributed by atoms with Gasteiger partial charge in [-0.3, -0.25) is 4.79 Å². The number of hydrogen-bond acceptors (Lipinski definition) is 4. The molecule has 1 aliphatic rings. The average molecular weight is 282 g/mol. The number of rotatable bonds is 3. The third-order valence-electron chi connectivity index (χ3n) is 2.77. The lowest BCUT2D eigenvalue weighted by Crippen LogP contribution is -2.29. The summed E-state index contributed by atoms with van der Waals surface area (Å²) >= 11 is 7.31. The molecule has 18 heavy (non-hydrogen) atoms. The minimum atomic E-state index is 0.109. The third-order valence-corrected chi connectivity index (χ3v) is 4.24. The van der Waals surface area contributed by atoms with Gasteiger partial charge in [0, 0.05) is 19.3 Å². The van der Waals surface area contributed by atoms with Crippen LogP contribution in [0.15, 0.2) is 17.3 Å². The van der Waals surface area contributed by atoms with E-state index < -0.39 is 0 Å². The summed E-state index contributed by atoms with van der Waals surface area (Å²) in [6.07, 6.45) is 3.70. The first-order valence-electron chi connectivity index (χ1n) is 5.67. The number of nitrogens with zero attached hydrogens (tertiary/aromatic N) is 3. The van der Waals surface area contributed by atoms with Crippen molar-refractivity contribution >= 4 is 29.3 Å². The summed E-state index contributed by atoms with van der Waals surface area (Å²) in [7, 11) is 0. The van der Waals surface area contributed by atoms with Gasteiger partial charge < -0.3 is 4.90 Å². The lowest BCUT2D eigenvalue weighted by Gasteiger charge is -2.14. The Hall–Kier alpha value is -1.25. The molecule has 0 saturated carbocycles. The molecule has 0 aromatic carbocycles. The molecule has 94 valence electrons. The second-order valence-electron chi connectivity index (χ2n) is 3.97. The number of aromatic nitrogens is 1. The Balaban J connectivity index is 1.98. The standard InChI is InChI=1S/C12H12ClN3OS/c13-11-9(7-14)3-4-15-12(11)18-8-10(17)16-5-1-2-6-16/h3-4H,1-2,5-6,8H2. The maximum absolute atomic E-state index is 11.9. The second-order valence-corrected chi connectivity index (χ2v) is 5.31. The van der Waals surface area contributed by atoms with Gasteiger partial charge in [0.15, 0.2) is 0 Å². The molecular formula is C12H12ClN3OS. The minimum Gasteiger partial charge on any atom is -0.342 e. The van der Waals surface area contributed by atoms with Crippen LogP contribution in [0.4, 0.5) is 0 Å². The van der Waals surface area contributed by atoms with Crippen molar-refractivity contribution in [2.75, 3.05) is 18.8 Å². The van der Waals surface area contributed by atoms with Gasteiger partial charge in [-0.25, -0.2) is 4.98 Å². The first-order valence-corrected chi connectivity index (χ1v) is 7.04. The number of thioether (sulfide) groups is 1. The molecule has 0 unspecified atom stereocenters. The van der Waals surface area contributed by atoms with E-state index in [-0.39, 0.29) is 5.91 Å². The van der Waals surface area contributed by atoms with Gasteiger partial charge in [-0.05, 0) is 18.9 Å². The van der Waals surface area contributed by atoms with Crippen molar-refractivity contribution in [1.82, 2.24) is 9.88 Å². The van der Waals surface area contributed by atoms with Crippen LogP contribution in [0.25, 0.3) is 0 Å². The van der Waals surface area contributed by atoms with Crippen LogP contribution in [0.5, 0.6) is 0 Å². The summed E-state index contributed by atoms with van der Waals surface area (Å²) in [5.41, 5.74) is 0.391. The Morgan fingerprint density at radius 1 is 1.56 bits per heavy atom. The van der Waals surface area contributed by atoms with Gasteiger partial charge in [-0.15, -0.1) is 0 Å². The molecule has 1 aliphatic heterocycles. The fourth-order valence-corrected chi connectivity index (χ4v) is 2.93. The molecule has 0 aliphatic carbocycles. The predicted molar refractivity (Wildman–Crippen MR) is 70.5 cm³/mol. The van der Waals surface area contributed by atoms with E-state index in [4.69, 9.17) is 16.9 Å². The number of nitriles is 1. The lowest BCUT2D eigenvalue weighted by molar-refractivity contribution is -0.127. The van der Waals surface area contributed by atoms with Crippen molar-refractivity contribution in [3.05, 3.63) is 22.8 Å². The molecular weight excluding hydrogens is 270 g/mol. The van der Waals surface area contributed by atoms with E-state index in [1.54, 1.807) is 6.07 Å². The zero-order valence-corrected chi connectivity index (χ0v) is 11.3. The van der Waals surface area contributed by atoms with Gasteiger partial charge >= 0.3 is 0 Å². The van der Waals surface area contributed by atoms with Gasteiger partial charge in [0.1, 0.15) is 11.1 Å². The smallest absolute Gasteiger partial charge is 0.232 e. The lowest BCUT2D eigenvalue weighted by atomic mass is 10.3. The van der Waals surface area contributed by atoms with Crippen LogP contribution < -0.4 is 0 Å². The topological polar surface area (TPSA) is 57.0 Å². The summed E-state index contributed by atoms with van der Waals surface area (Å²) in [4.78, 5) is 17.8. The van der Waals surface area contributed by atoms with E-state index in [1.807, 2.05) is 11.0 Å². The maximum Gasteiger partial charge on any atom is 0.232 e. The molecule has 2 rings (SSSR count). The zero-order valence-electron chi connectivity index (χ0n) is 9.73. The van der Waals surface area contributed by atoms with Crippen molar-refractivity contribution < 1.29 is 4.79 Å². The van der Waals surface area contributed by atoms with E-state index in [9.17, 15) is 4.79 Å². The number of hydrogen-bond donors (Lipinski definition) is 0. The first-order chi connectivity index (χ1) is 8.72. The number of carbonyl (C=O) groups is 1. The van der Waals surface area contributed by atoms with Gasteiger partial charge in [0.25, 0.3) is 0 Å². The van der Waals surface area contributed by atoms with Crippen molar-refractivity contribution in [1.29, 1.82) is 5.26 Å². The molecule has 1 saturated heterocycles. The number of amides is 1. The molecule has 6 heteroatoms. The summed E-state index contributed by atoms with van der Waals surface area (Å²) in [6.45, 7) is 1.69. The fraction of sp³-hybridized carbons (Fsp3) is 0.417. The Morgan fingerprint density at radius 3 is 2.94 bits per heavy atom. The van der Waals surface area contributed by atoms with Gasteiger partial charge in [0.05, 0.1) is 16.3 Å². The van der Waals surface area contributed by atoms with E-state index in [1.165, 1.54) is 18.0 Å². The van der Waals surface area contributed by atoms with Gasteiger partial charge in [-0.2, -0.15) is 5.26 Å². The molecule has 1 aromatic rings. The summed E-state index contributed by atoms with van der Waals surface area (Å²) < 4.78 is 0. The number of pyridine rings is 1. The average Bonchev–Trinajstić information content (AvgIpc) is 2.91. The highest BCUT2D eigenvalue weighted by atomic mass is 35.5. The molecule has 1 fully saturated rings. The third kappa shape index (κ3) is 2.95. The van der Waals surface area contributed by atoms with Gasteiger partial charge in [0.2, 0.25) is 5.91 Å². The van der Waals surface area contributed by atoms with Crippen LogP contribution in [-0.4, -0.2) is 34.6 Å². The van der Waals surface area contributed by atoms with E-state index >= 15 is 0 Å². The van der Waals surface area contributed by atoms with Crippen molar-refractivity contribution in [2.24, 2.45) is 0 Å². The molecule has 2 heterocycles. The molecule has 0 N–H and O–H groups in total. The summed E-state index contributed by atoms with van der Waals surface area (Å²) in [6, 6.07) is 3.56. The van der Waals surface area contributed by atoms with E-state index in [2.05, 4.69) is 4.98 Å². The molecule has 0 atom stereocenters. The molecule has 0 spiro atoms. The SMILES string of the molecule is N#Cc1ccnc(SCC(=O)N2CCCC2)c1Cl. The van der Waals surface area contributed by atoms with Crippen LogP contribution >= 0.6 is 23.4 Å². The number of carbonyl (C=O) groups excluding carboxylic acids is 1. The summed E-state index contributed by atoms with van der Waals surface area (Å²) in [5, 5.41) is 9.72. The highest BCUT2D eigenvalue weighted by molar-refractivity contribution is 8.00. The Morgan fingerprint density at radius 2 is 2.28 bits per heavy atom. The zero-order chi connectivity index (χ0) is 13.0. The van der Waals surface area contributed by atoms with Crippen LogP contribution in [0.2, 0.25) is 5.02 Å². The van der Waals surface area contributed by atoms with Gasteiger partial charge in [-0.1, -0.05) is 23.4 Å². The van der Waals surface area contributed by atoms with Crippen LogP contribution in [0, 0.1) is 11.3 Å². The second kappa shape index (κ2) is 6.07. The van der Waals surface area contributed by atoms with Crippen LogP contribution in [0.1, 0.15) is 18.4 Å². The monoisotopic (exact) mass is 281 g/mol. The Labute approximate surface area is 115 Å². The fourth-order valence-electron chi connectivity index (χ4n) is 1.80. The summed E-state index contributed by atoms with van der Waals surface area (Å²) in [5.74, 6) is 0.430. The number of halogens is 1. The predicted octanol–water partition coefficient (Wildman–Crippen LogP) is 2.32. The molecule has 0 radical (unpaired) electrons. The van der Waals surface area contributed by atoms with Crippen molar-refractivity contribution in [3.8, 4) is 6.07 Å². The quantitative estimate of drug-likeness (QED) is 0.798. The Kier molecular flexibility index (Phi) is 4.45. The molecule has 1 amide bonds. The number of likely N-dealkylation sites (tertiary alicyclic amines) is 1. The first kappa shape index (κ1) is 13.2. The van der Waals surface area contributed by atoms with Crippen LogP contribution in [0.3, 0.4) is 0 Å². The Bertz CT molecular complexity index is 495. The molecule has 4 nitrogen and oxygen atoms in total. The highest BCUT2D eigenvalue weighted by Crippen LogP contribution is 2.27. The van der Waals surface area contributed by atoms with E-state index in [0.717, 1.165) is 25.9 Å². The van der Waals surface area contributed by atoms with Crippen LogP contribution in [-0.2, 0) is 4.79 Å². The van der Waals surface area contributed by atoms with Crippen molar-refractivity contribution in [3.63, 3.8) is 0 Å². The molecule has 0 bridgehead atoms. The maximum atomic E-state index is 11.9. The van der Waals surface area contributed by atoms with Crippen molar-refractivity contribution in [2.45, 2.75) is 17.9 Å². The largest absolute Gasteiger partial charge is 0.342 e. The highest BCUT2D eigenvalue weighted by Gasteiger charge is 2.18. The van der Waals surface area contributed by atoms with E-state index in [0.29, 0.717) is 21.4 Å². The normalized spacial score (nSPS) is 14.6. The molecule has 1 aromatic heterocycles.